The van der Waals surface area contributed by atoms with E-state index in [0.29, 0.717) is 23.2 Å². The SMILES string of the molecule is COC(OC)[C@@H]1C[C@H]2[C@@H]3CC[C@H]([C@H](C)CCCC(C)CO[Si](C)(C)C(C)(C)C)[C@@]3(C)CC[C@@H]2[C@@]2(C)CCCC[C@@]12O. The fourth-order valence-corrected chi connectivity index (χ4v) is 11.9. The second-order valence-electron chi connectivity index (χ2n) is 17.4. The highest BCUT2D eigenvalue weighted by molar-refractivity contribution is 6.74. The number of methoxy groups -OCH3 is 2. The Kier molecular flexibility index (Phi) is 10.3. The van der Waals surface area contributed by atoms with E-state index in [9.17, 15) is 5.11 Å². The van der Waals surface area contributed by atoms with Crippen LogP contribution in [-0.2, 0) is 13.9 Å². The summed E-state index contributed by atoms with van der Waals surface area (Å²) in [6.45, 7) is 22.8. The Morgan fingerprint density at radius 2 is 1.54 bits per heavy atom. The van der Waals surface area contributed by atoms with Crippen molar-refractivity contribution in [2.24, 2.45) is 52.3 Å². The molecule has 1 N–H and O–H groups in total. The number of hydrogen-bond acceptors (Lipinski definition) is 4. The highest BCUT2D eigenvalue weighted by Gasteiger charge is 2.67. The number of hydrogen-bond donors (Lipinski definition) is 1. The summed E-state index contributed by atoms with van der Waals surface area (Å²) in [5, 5.41) is 12.7. The first kappa shape index (κ1) is 33.9. The fourth-order valence-electron chi connectivity index (χ4n) is 10.8. The van der Waals surface area contributed by atoms with E-state index in [1.807, 2.05) is 0 Å². The number of aliphatic hydroxyl groups is 1. The molecule has 4 aliphatic carbocycles. The summed E-state index contributed by atoms with van der Waals surface area (Å²) >= 11 is 0. The molecule has 0 spiro atoms. The lowest BCUT2D eigenvalue weighted by molar-refractivity contribution is -0.285. The smallest absolute Gasteiger partial charge is 0.191 e. The van der Waals surface area contributed by atoms with Gasteiger partial charge in [-0.2, -0.15) is 0 Å². The van der Waals surface area contributed by atoms with Crippen LogP contribution in [0, 0.1) is 52.3 Å². The van der Waals surface area contributed by atoms with E-state index in [0.717, 1.165) is 50.0 Å². The zero-order chi connectivity index (χ0) is 30.4. The molecule has 0 aromatic heterocycles. The van der Waals surface area contributed by atoms with E-state index in [2.05, 4.69) is 61.6 Å². The van der Waals surface area contributed by atoms with Gasteiger partial charge in [-0.05, 0) is 116 Å². The molecule has 5 heteroatoms. The molecular formula is C36H68O4Si. The molecule has 0 radical (unpaired) electrons. The zero-order valence-corrected chi connectivity index (χ0v) is 30.0. The van der Waals surface area contributed by atoms with Crippen LogP contribution >= 0.6 is 0 Å². The maximum Gasteiger partial charge on any atom is 0.191 e. The van der Waals surface area contributed by atoms with E-state index >= 15 is 0 Å². The van der Waals surface area contributed by atoms with E-state index in [4.69, 9.17) is 13.9 Å². The second-order valence-corrected chi connectivity index (χ2v) is 22.2. The van der Waals surface area contributed by atoms with E-state index in [-0.39, 0.29) is 22.7 Å². The maximum absolute atomic E-state index is 12.4. The lowest BCUT2D eigenvalue weighted by Crippen LogP contribution is -2.67. The van der Waals surface area contributed by atoms with Gasteiger partial charge in [0.25, 0.3) is 0 Å². The van der Waals surface area contributed by atoms with Gasteiger partial charge < -0.3 is 19.0 Å². The average molecular weight is 593 g/mol. The Bertz CT molecular complexity index is 866. The van der Waals surface area contributed by atoms with Gasteiger partial charge in [-0.25, -0.2) is 0 Å². The summed E-state index contributed by atoms with van der Waals surface area (Å²) in [5.74, 6) is 4.40. The van der Waals surface area contributed by atoms with Crippen molar-refractivity contribution >= 4 is 8.32 Å². The minimum atomic E-state index is -1.66. The predicted octanol–water partition coefficient (Wildman–Crippen LogP) is 9.46. The van der Waals surface area contributed by atoms with Crippen LogP contribution in [0.1, 0.15) is 126 Å². The van der Waals surface area contributed by atoms with Crippen LogP contribution in [-0.4, -0.2) is 46.1 Å². The first-order valence-corrected chi connectivity index (χ1v) is 20.4. The van der Waals surface area contributed by atoms with Crippen molar-refractivity contribution in [3.8, 4) is 0 Å². The molecule has 0 heterocycles. The lowest BCUT2D eigenvalue weighted by Gasteiger charge is -2.66. The Morgan fingerprint density at radius 1 is 0.878 bits per heavy atom. The summed E-state index contributed by atoms with van der Waals surface area (Å²) in [7, 11) is 1.87. The van der Waals surface area contributed by atoms with Gasteiger partial charge in [0.1, 0.15) is 0 Å². The normalized spacial score (nSPS) is 41.0. The molecule has 1 unspecified atom stereocenters. The van der Waals surface area contributed by atoms with Gasteiger partial charge in [-0.15, -0.1) is 0 Å². The van der Waals surface area contributed by atoms with E-state index in [1.54, 1.807) is 14.2 Å². The monoisotopic (exact) mass is 592 g/mol. The summed E-state index contributed by atoms with van der Waals surface area (Å²) in [6, 6.07) is 0. The van der Waals surface area contributed by atoms with Crippen molar-refractivity contribution in [2.75, 3.05) is 20.8 Å². The molecule has 0 amide bonds. The van der Waals surface area contributed by atoms with Crippen LogP contribution in [0.2, 0.25) is 18.1 Å². The molecule has 0 bridgehead atoms. The molecule has 4 aliphatic rings. The first-order valence-electron chi connectivity index (χ1n) is 17.5. The molecule has 10 atom stereocenters. The highest BCUT2D eigenvalue weighted by Crippen LogP contribution is 2.70. The molecular weight excluding hydrogens is 524 g/mol. The van der Waals surface area contributed by atoms with Gasteiger partial charge in [-0.1, -0.05) is 74.1 Å². The molecule has 4 fully saturated rings. The molecule has 4 saturated carbocycles. The maximum atomic E-state index is 12.4. The number of ether oxygens (including phenoxy) is 2. The van der Waals surface area contributed by atoms with Crippen molar-refractivity contribution in [1.82, 2.24) is 0 Å². The Morgan fingerprint density at radius 3 is 2.17 bits per heavy atom. The van der Waals surface area contributed by atoms with Crippen molar-refractivity contribution in [3.05, 3.63) is 0 Å². The van der Waals surface area contributed by atoms with E-state index in [1.165, 1.54) is 51.4 Å². The van der Waals surface area contributed by atoms with Crippen LogP contribution in [0.5, 0.6) is 0 Å². The fraction of sp³-hybridized carbons (Fsp3) is 1.00. The van der Waals surface area contributed by atoms with Gasteiger partial charge in [-0.3, -0.25) is 0 Å². The zero-order valence-electron chi connectivity index (χ0n) is 29.0. The Labute approximate surface area is 255 Å². The third kappa shape index (κ3) is 6.03. The number of rotatable bonds is 11. The minimum absolute atomic E-state index is 0.0260. The predicted molar refractivity (Wildman–Crippen MR) is 173 cm³/mol. The largest absolute Gasteiger partial charge is 0.417 e. The van der Waals surface area contributed by atoms with Gasteiger partial charge in [0.15, 0.2) is 14.6 Å². The van der Waals surface area contributed by atoms with Gasteiger partial charge in [0, 0.05) is 26.7 Å². The molecule has 0 aliphatic heterocycles. The summed E-state index contributed by atoms with van der Waals surface area (Å²) in [4.78, 5) is 0. The van der Waals surface area contributed by atoms with Crippen LogP contribution < -0.4 is 0 Å². The van der Waals surface area contributed by atoms with Crippen LogP contribution in [0.15, 0.2) is 0 Å². The highest BCUT2D eigenvalue weighted by atomic mass is 28.4. The Balaban J connectivity index is 1.41. The topological polar surface area (TPSA) is 47.9 Å². The summed E-state index contributed by atoms with van der Waals surface area (Å²) in [6.07, 6.45) is 14.5. The molecule has 4 nitrogen and oxygen atoms in total. The minimum Gasteiger partial charge on any atom is -0.417 e. The van der Waals surface area contributed by atoms with Crippen molar-refractivity contribution in [1.29, 1.82) is 0 Å². The van der Waals surface area contributed by atoms with Crippen LogP contribution in [0.4, 0.5) is 0 Å². The molecule has 41 heavy (non-hydrogen) atoms. The second kappa shape index (κ2) is 12.5. The van der Waals surface area contributed by atoms with Crippen molar-refractivity contribution < 1.29 is 19.0 Å². The van der Waals surface area contributed by atoms with Gasteiger partial charge in [0.2, 0.25) is 0 Å². The average Bonchev–Trinajstić information content (AvgIpc) is 3.25. The van der Waals surface area contributed by atoms with Crippen molar-refractivity contribution in [2.45, 2.75) is 156 Å². The van der Waals surface area contributed by atoms with E-state index < -0.39 is 13.9 Å². The lowest BCUT2D eigenvalue weighted by atomic mass is 9.41. The van der Waals surface area contributed by atoms with Crippen LogP contribution in [0.3, 0.4) is 0 Å². The Hall–Kier alpha value is 0.0569. The molecule has 0 aromatic rings. The summed E-state index contributed by atoms with van der Waals surface area (Å²) in [5.41, 5.74) is -0.271. The van der Waals surface area contributed by atoms with Gasteiger partial charge in [0.05, 0.1) is 5.60 Å². The van der Waals surface area contributed by atoms with Crippen LogP contribution in [0.25, 0.3) is 0 Å². The molecule has 0 aromatic carbocycles. The first-order chi connectivity index (χ1) is 19.1. The third-order valence-corrected chi connectivity index (χ3v) is 18.8. The standard InChI is InChI=1S/C36H68O4Si/c1-25(24-40-41(10,11)33(3,4)5)15-14-16-26(2)28-17-18-29-27-23-31(32(38-8)39-9)36(37)21-13-12-20-35(36,7)30(27)19-22-34(28,29)6/h25-32,37H,12-24H2,1-11H3/t25?,26-,27+,28-,29+,30+,31+,34-,35-,36-/m1/s1. The third-order valence-electron chi connectivity index (χ3n) is 14.3. The quantitative estimate of drug-likeness (QED) is 0.192. The molecule has 240 valence electrons. The van der Waals surface area contributed by atoms with Gasteiger partial charge >= 0.3 is 0 Å². The summed E-state index contributed by atoms with van der Waals surface area (Å²) < 4.78 is 18.3. The van der Waals surface area contributed by atoms with Crippen molar-refractivity contribution in [3.63, 3.8) is 0 Å². The molecule has 0 saturated heterocycles. The number of fused-ring (bicyclic) bond motifs is 5. The molecule has 4 rings (SSSR count).